The number of rotatable bonds is 3. The minimum Gasteiger partial charge on any atom is -0.390 e. The molecule has 0 aliphatic carbocycles. The van der Waals surface area contributed by atoms with Gasteiger partial charge in [-0.2, -0.15) is 4.98 Å². The molecule has 0 atom stereocenters. The van der Waals surface area contributed by atoms with Crippen molar-refractivity contribution in [2.45, 2.75) is 6.42 Å². The Hall–Kier alpha value is -2.21. The van der Waals surface area contributed by atoms with Gasteiger partial charge in [0, 0.05) is 18.8 Å². The zero-order chi connectivity index (χ0) is 12.4. The minimum atomic E-state index is 0.470. The maximum Gasteiger partial charge on any atom is 0.260 e. The molecule has 0 saturated carbocycles. The second-order valence-corrected chi connectivity index (χ2v) is 4.69. The number of nitrogen functional groups attached to an aromatic ring is 1. The van der Waals surface area contributed by atoms with Crippen LogP contribution in [0.5, 0.6) is 0 Å². The highest BCUT2D eigenvalue weighted by Crippen LogP contribution is 2.29. The molecular formula is C12H10N4OS. The summed E-state index contributed by atoms with van der Waals surface area (Å²) in [6.07, 6.45) is 4.11. The summed E-state index contributed by atoms with van der Waals surface area (Å²) in [7, 11) is 0. The van der Waals surface area contributed by atoms with Crippen LogP contribution in [-0.4, -0.2) is 15.1 Å². The Kier molecular flexibility index (Phi) is 2.77. The molecule has 0 aliphatic rings. The molecule has 18 heavy (non-hydrogen) atoms. The standard InChI is InChI=1S/C12H10N4OS/c13-11-9(3-6-18-11)12-15-10(16-17-12)7-8-1-4-14-5-2-8/h1-6H,7,13H2. The van der Waals surface area contributed by atoms with Crippen molar-refractivity contribution in [3.63, 3.8) is 0 Å². The van der Waals surface area contributed by atoms with E-state index in [2.05, 4.69) is 15.1 Å². The van der Waals surface area contributed by atoms with Crippen LogP contribution in [0.4, 0.5) is 5.00 Å². The van der Waals surface area contributed by atoms with Crippen molar-refractivity contribution in [3.8, 4) is 11.5 Å². The molecule has 0 aliphatic heterocycles. The highest BCUT2D eigenvalue weighted by molar-refractivity contribution is 7.14. The summed E-state index contributed by atoms with van der Waals surface area (Å²) in [4.78, 5) is 8.30. The molecule has 5 nitrogen and oxygen atoms in total. The van der Waals surface area contributed by atoms with Crippen molar-refractivity contribution in [1.82, 2.24) is 15.1 Å². The van der Waals surface area contributed by atoms with Crippen molar-refractivity contribution in [1.29, 1.82) is 0 Å². The van der Waals surface area contributed by atoms with Gasteiger partial charge in [-0.05, 0) is 29.1 Å². The SMILES string of the molecule is Nc1sccc1-c1nc(Cc2ccncc2)no1. The van der Waals surface area contributed by atoms with E-state index in [0.29, 0.717) is 23.1 Å². The summed E-state index contributed by atoms with van der Waals surface area (Å²) < 4.78 is 5.21. The second kappa shape index (κ2) is 4.58. The zero-order valence-electron chi connectivity index (χ0n) is 9.41. The number of nitrogens with two attached hydrogens (primary N) is 1. The van der Waals surface area contributed by atoms with Crippen LogP contribution in [-0.2, 0) is 6.42 Å². The summed E-state index contributed by atoms with van der Waals surface area (Å²) in [5.74, 6) is 1.11. The summed E-state index contributed by atoms with van der Waals surface area (Å²) >= 11 is 1.45. The number of pyridine rings is 1. The third-order valence-electron chi connectivity index (χ3n) is 2.51. The van der Waals surface area contributed by atoms with E-state index in [1.165, 1.54) is 11.3 Å². The van der Waals surface area contributed by atoms with E-state index in [9.17, 15) is 0 Å². The van der Waals surface area contributed by atoms with Crippen LogP contribution >= 0.6 is 11.3 Å². The van der Waals surface area contributed by atoms with Gasteiger partial charge < -0.3 is 10.3 Å². The molecule has 0 spiro atoms. The molecule has 0 fully saturated rings. The van der Waals surface area contributed by atoms with Crippen LogP contribution < -0.4 is 5.73 Å². The Balaban J connectivity index is 1.84. The largest absolute Gasteiger partial charge is 0.390 e. The predicted octanol–water partition coefficient (Wildman–Crippen LogP) is 2.37. The molecular weight excluding hydrogens is 248 g/mol. The molecule has 0 amide bonds. The van der Waals surface area contributed by atoms with E-state index in [0.717, 1.165) is 11.1 Å². The fourth-order valence-corrected chi connectivity index (χ4v) is 2.25. The van der Waals surface area contributed by atoms with Gasteiger partial charge in [-0.3, -0.25) is 4.98 Å². The normalized spacial score (nSPS) is 10.7. The molecule has 90 valence electrons. The molecule has 0 bridgehead atoms. The molecule has 3 aromatic heterocycles. The molecule has 0 aromatic carbocycles. The van der Waals surface area contributed by atoms with E-state index in [1.54, 1.807) is 12.4 Å². The van der Waals surface area contributed by atoms with Gasteiger partial charge in [0.1, 0.15) is 0 Å². The first kappa shape index (κ1) is 10.9. The first-order valence-electron chi connectivity index (χ1n) is 5.38. The lowest BCUT2D eigenvalue weighted by atomic mass is 10.2. The van der Waals surface area contributed by atoms with Gasteiger partial charge >= 0.3 is 0 Å². The van der Waals surface area contributed by atoms with Crippen molar-refractivity contribution in [2.24, 2.45) is 0 Å². The van der Waals surface area contributed by atoms with Crippen LogP contribution in [0.25, 0.3) is 11.5 Å². The number of nitrogens with zero attached hydrogens (tertiary/aromatic N) is 3. The van der Waals surface area contributed by atoms with Crippen molar-refractivity contribution in [3.05, 3.63) is 47.4 Å². The van der Waals surface area contributed by atoms with Gasteiger partial charge in [0.05, 0.1) is 10.6 Å². The van der Waals surface area contributed by atoms with Gasteiger partial charge in [0.25, 0.3) is 5.89 Å². The highest BCUT2D eigenvalue weighted by atomic mass is 32.1. The summed E-state index contributed by atoms with van der Waals surface area (Å²) in [5, 5.41) is 6.54. The van der Waals surface area contributed by atoms with Crippen LogP contribution in [0.2, 0.25) is 0 Å². The lowest BCUT2D eigenvalue weighted by molar-refractivity contribution is 0.424. The van der Waals surface area contributed by atoms with Gasteiger partial charge in [0.15, 0.2) is 5.82 Å². The Morgan fingerprint density at radius 3 is 2.78 bits per heavy atom. The average Bonchev–Trinajstić information content (AvgIpc) is 2.99. The topological polar surface area (TPSA) is 77.8 Å². The quantitative estimate of drug-likeness (QED) is 0.780. The highest BCUT2D eigenvalue weighted by Gasteiger charge is 2.12. The Bertz CT molecular complexity index is 647. The lowest BCUT2D eigenvalue weighted by Gasteiger charge is -1.93. The van der Waals surface area contributed by atoms with Gasteiger partial charge in [-0.1, -0.05) is 5.16 Å². The summed E-state index contributed by atoms with van der Waals surface area (Å²) in [5.41, 5.74) is 7.71. The van der Waals surface area contributed by atoms with Crippen LogP contribution in [0.1, 0.15) is 11.4 Å². The number of hydrogen-bond donors (Lipinski definition) is 1. The van der Waals surface area contributed by atoms with Crippen LogP contribution in [0, 0.1) is 0 Å². The number of anilines is 1. The fraction of sp³-hybridized carbons (Fsp3) is 0.0833. The molecule has 6 heteroatoms. The smallest absolute Gasteiger partial charge is 0.260 e. The maximum absolute atomic E-state index is 5.82. The van der Waals surface area contributed by atoms with Crippen molar-refractivity contribution >= 4 is 16.3 Å². The molecule has 3 rings (SSSR count). The number of aromatic nitrogens is 3. The van der Waals surface area contributed by atoms with E-state index < -0.39 is 0 Å². The van der Waals surface area contributed by atoms with Gasteiger partial charge in [-0.15, -0.1) is 11.3 Å². The molecule has 0 unspecified atom stereocenters. The molecule has 0 radical (unpaired) electrons. The van der Waals surface area contributed by atoms with E-state index in [1.807, 2.05) is 23.6 Å². The van der Waals surface area contributed by atoms with E-state index in [4.69, 9.17) is 10.3 Å². The van der Waals surface area contributed by atoms with Crippen molar-refractivity contribution < 1.29 is 4.52 Å². The number of hydrogen-bond acceptors (Lipinski definition) is 6. The molecule has 3 aromatic rings. The first-order chi connectivity index (χ1) is 8.83. The lowest BCUT2D eigenvalue weighted by Crippen LogP contribution is -1.91. The Morgan fingerprint density at radius 1 is 1.22 bits per heavy atom. The molecule has 3 heterocycles. The second-order valence-electron chi connectivity index (χ2n) is 3.75. The summed E-state index contributed by atoms with van der Waals surface area (Å²) in [6.45, 7) is 0. The minimum absolute atomic E-state index is 0.470. The number of thiophene rings is 1. The van der Waals surface area contributed by atoms with Crippen molar-refractivity contribution in [2.75, 3.05) is 5.73 Å². The monoisotopic (exact) mass is 258 g/mol. The zero-order valence-corrected chi connectivity index (χ0v) is 10.2. The van der Waals surface area contributed by atoms with E-state index >= 15 is 0 Å². The molecule has 0 saturated heterocycles. The van der Waals surface area contributed by atoms with Gasteiger partial charge in [-0.25, -0.2) is 0 Å². The fourth-order valence-electron chi connectivity index (χ4n) is 1.62. The Morgan fingerprint density at radius 2 is 2.06 bits per heavy atom. The van der Waals surface area contributed by atoms with Gasteiger partial charge in [0.2, 0.25) is 0 Å². The first-order valence-corrected chi connectivity index (χ1v) is 6.26. The average molecular weight is 258 g/mol. The molecule has 2 N–H and O–H groups in total. The predicted molar refractivity (Wildman–Crippen MR) is 69.1 cm³/mol. The summed E-state index contributed by atoms with van der Waals surface area (Å²) in [6, 6.07) is 5.73. The third-order valence-corrected chi connectivity index (χ3v) is 3.25. The van der Waals surface area contributed by atoms with Crippen LogP contribution in [0.15, 0.2) is 40.5 Å². The Labute approximate surface area is 107 Å². The third kappa shape index (κ3) is 2.10. The van der Waals surface area contributed by atoms with E-state index in [-0.39, 0.29) is 0 Å². The maximum atomic E-state index is 5.82. The van der Waals surface area contributed by atoms with Crippen LogP contribution in [0.3, 0.4) is 0 Å².